The summed E-state index contributed by atoms with van der Waals surface area (Å²) >= 11 is 2.07. The average molecular weight is 415 g/mol. The largest absolute Gasteiger partial charge is 0.457 e. The maximum Gasteiger partial charge on any atom is 0.127 e. The van der Waals surface area contributed by atoms with Gasteiger partial charge in [0.2, 0.25) is 0 Å². The third kappa shape index (κ3) is 4.10. The molecule has 1 N–H and O–H groups in total. The smallest absolute Gasteiger partial charge is 0.127 e. The fourth-order valence-corrected chi connectivity index (χ4v) is 5.62. The Morgan fingerprint density at radius 2 is 1.53 bits per heavy atom. The Morgan fingerprint density at radius 1 is 0.833 bits per heavy atom. The zero-order chi connectivity index (χ0) is 20.2. The highest BCUT2D eigenvalue weighted by Gasteiger charge is 2.41. The standard InChI is InChI=1S/C26H26N2OS/c1-2-7-22(8-3-1)29-23-12-10-20(11-13-23)19-27-25-26(14-16-30-17-15-26)18-21-6-4-5-9-24(21)28-25/h1-13H,14-19H2,(H,27,28). The number of anilines is 1. The predicted molar refractivity (Wildman–Crippen MR) is 127 cm³/mol. The molecule has 30 heavy (non-hydrogen) atoms. The van der Waals surface area contributed by atoms with Crippen LogP contribution in [-0.4, -0.2) is 17.3 Å². The molecule has 0 radical (unpaired) electrons. The van der Waals surface area contributed by atoms with Crippen LogP contribution in [0.4, 0.5) is 5.69 Å². The van der Waals surface area contributed by atoms with Gasteiger partial charge in [0.05, 0.1) is 6.54 Å². The Balaban J connectivity index is 1.34. The number of ether oxygens (including phenoxy) is 1. The van der Waals surface area contributed by atoms with Crippen LogP contribution in [0.2, 0.25) is 0 Å². The number of aliphatic imine (C=N–C) groups is 1. The van der Waals surface area contributed by atoms with E-state index >= 15 is 0 Å². The van der Waals surface area contributed by atoms with Crippen molar-refractivity contribution in [3.05, 3.63) is 90.0 Å². The van der Waals surface area contributed by atoms with Gasteiger partial charge in [-0.2, -0.15) is 11.8 Å². The summed E-state index contributed by atoms with van der Waals surface area (Å²) < 4.78 is 5.91. The zero-order valence-electron chi connectivity index (χ0n) is 17.0. The first-order valence-corrected chi connectivity index (χ1v) is 11.8. The second-order valence-corrected chi connectivity index (χ2v) is 9.30. The molecule has 1 fully saturated rings. The molecule has 2 aliphatic rings. The molecule has 4 heteroatoms. The van der Waals surface area contributed by atoms with Gasteiger partial charge in [-0.25, -0.2) is 0 Å². The van der Waals surface area contributed by atoms with Crippen molar-refractivity contribution in [2.75, 3.05) is 16.8 Å². The average Bonchev–Trinajstić information content (AvgIpc) is 2.80. The molecule has 3 nitrogen and oxygen atoms in total. The monoisotopic (exact) mass is 414 g/mol. The lowest BCUT2D eigenvalue weighted by Crippen LogP contribution is -2.44. The molecule has 3 aromatic carbocycles. The molecular weight excluding hydrogens is 388 g/mol. The van der Waals surface area contributed by atoms with E-state index in [2.05, 4.69) is 53.5 Å². The highest BCUT2D eigenvalue weighted by Crippen LogP contribution is 2.44. The van der Waals surface area contributed by atoms with Crippen molar-refractivity contribution in [3.63, 3.8) is 0 Å². The van der Waals surface area contributed by atoms with Crippen LogP contribution < -0.4 is 10.1 Å². The number of nitrogens with one attached hydrogen (secondary N) is 1. The molecule has 5 rings (SSSR count). The normalized spacial score (nSPS) is 18.6. The van der Waals surface area contributed by atoms with Crippen LogP contribution >= 0.6 is 11.8 Å². The Morgan fingerprint density at radius 3 is 2.33 bits per heavy atom. The number of hydrogen-bond donors (Lipinski definition) is 1. The quantitative estimate of drug-likeness (QED) is 0.525. The first kappa shape index (κ1) is 19.3. The van der Waals surface area contributed by atoms with Crippen LogP contribution in [0, 0.1) is 5.41 Å². The van der Waals surface area contributed by atoms with E-state index in [-0.39, 0.29) is 5.41 Å². The summed E-state index contributed by atoms with van der Waals surface area (Å²) in [6.45, 7) is 0.686. The van der Waals surface area contributed by atoms with Crippen molar-refractivity contribution in [1.82, 2.24) is 0 Å². The Labute approximate surface area is 182 Å². The lowest BCUT2D eigenvalue weighted by atomic mass is 9.73. The van der Waals surface area contributed by atoms with Crippen molar-refractivity contribution in [3.8, 4) is 11.5 Å². The third-order valence-corrected chi connectivity index (χ3v) is 7.06. The number of thioether (sulfide) groups is 1. The van der Waals surface area contributed by atoms with Gasteiger partial charge in [-0.1, -0.05) is 48.5 Å². The highest BCUT2D eigenvalue weighted by molar-refractivity contribution is 7.99. The molecule has 0 aromatic heterocycles. The van der Waals surface area contributed by atoms with E-state index in [0.29, 0.717) is 6.54 Å². The number of nitrogens with zero attached hydrogens (tertiary/aromatic N) is 1. The van der Waals surface area contributed by atoms with Gasteiger partial charge in [0.1, 0.15) is 17.3 Å². The number of benzene rings is 3. The highest BCUT2D eigenvalue weighted by atomic mass is 32.2. The molecule has 0 unspecified atom stereocenters. The number of para-hydroxylation sites is 2. The molecule has 1 saturated heterocycles. The number of fused-ring (bicyclic) bond motifs is 1. The van der Waals surface area contributed by atoms with Gasteiger partial charge in [-0.15, -0.1) is 0 Å². The molecule has 152 valence electrons. The minimum Gasteiger partial charge on any atom is -0.457 e. The number of hydrogen-bond acceptors (Lipinski definition) is 3. The number of amidine groups is 1. The summed E-state index contributed by atoms with van der Waals surface area (Å²) in [5.74, 6) is 5.31. The van der Waals surface area contributed by atoms with Crippen LogP contribution in [0.1, 0.15) is 24.0 Å². The van der Waals surface area contributed by atoms with E-state index in [9.17, 15) is 0 Å². The van der Waals surface area contributed by atoms with Gasteiger partial charge in [0.15, 0.2) is 0 Å². The fourth-order valence-electron chi connectivity index (χ4n) is 4.35. The minimum atomic E-state index is 0.163. The Bertz CT molecular complexity index is 1020. The summed E-state index contributed by atoms with van der Waals surface area (Å²) in [5, 5.41) is 3.69. The molecule has 0 amide bonds. The van der Waals surface area contributed by atoms with Gasteiger partial charge in [-0.3, -0.25) is 4.99 Å². The molecule has 1 spiro atoms. The predicted octanol–water partition coefficient (Wildman–Crippen LogP) is 6.56. The van der Waals surface area contributed by atoms with Gasteiger partial charge < -0.3 is 10.1 Å². The van der Waals surface area contributed by atoms with Crippen LogP contribution in [0.25, 0.3) is 0 Å². The first-order valence-electron chi connectivity index (χ1n) is 10.6. The van der Waals surface area contributed by atoms with Crippen molar-refractivity contribution in [2.45, 2.75) is 25.8 Å². The van der Waals surface area contributed by atoms with Gasteiger partial charge >= 0.3 is 0 Å². The topological polar surface area (TPSA) is 33.6 Å². The van der Waals surface area contributed by atoms with Crippen LogP contribution in [0.15, 0.2) is 83.9 Å². The molecule has 3 aromatic rings. The SMILES string of the molecule is c1ccc(Oc2ccc(CN=C3Nc4ccccc4CC34CCSCC4)cc2)cc1. The summed E-state index contributed by atoms with van der Waals surface area (Å²) in [5.41, 5.74) is 4.00. The van der Waals surface area contributed by atoms with Crippen molar-refractivity contribution in [1.29, 1.82) is 0 Å². The molecule has 0 atom stereocenters. The van der Waals surface area contributed by atoms with Crippen molar-refractivity contribution >= 4 is 23.3 Å². The van der Waals surface area contributed by atoms with Gasteiger partial charge in [0, 0.05) is 11.1 Å². The lowest BCUT2D eigenvalue weighted by molar-refractivity contribution is 0.377. The second-order valence-electron chi connectivity index (χ2n) is 8.08. The zero-order valence-corrected chi connectivity index (χ0v) is 17.8. The van der Waals surface area contributed by atoms with Crippen molar-refractivity contribution < 1.29 is 4.74 Å². The van der Waals surface area contributed by atoms with Crippen molar-refractivity contribution in [2.24, 2.45) is 10.4 Å². The van der Waals surface area contributed by atoms with E-state index in [1.54, 1.807) is 0 Å². The van der Waals surface area contributed by atoms with E-state index in [0.717, 1.165) is 17.9 Å². The van der Waals surface area contributed by atoms with Gasteiger partial charge in [-0.05, 0) is 72.2 Å². The minimum absolute atomic E-state index is 0.163. The molecular formula is C26H26N2OS. The second kappa shape index (κ2) is 8.57. The molecule has 2 heterocycles. The Hall–Kier alpha value is -2.72. The molecule has 0 aliphatic carbocycles. The molecule has 0 bridgehead atoms. The maximum absolute atomic E-state index is 5.91. The summed E-state index contributed by atoms with van der Waals surface area (Å²) in [6, 6.07) is 26.8. The van der Waals surface area contributed by atoms with E-state index in [4.69, 9.17) is 9.73 Å². The van der Waals surface area contributed by atoms with Crippen LogP contribution in [0.3, 0.4) is 0 Å². The molecule has 2 aliphatic heterocycles. The lowest BCUT2D eigenvalue weighted by Gasteiger charge is -2.42. The van der Waals surface area contributed by atoms with E-state index in [1.807, 2.05) is 42.5 Å². The maximum atomic E-state index is 5.91. The summed E-state index contributed by atoms with van der Waals surface area (Å²) in [7, 11) is 0. The fraction of sp³-hybridized carbons (Fsp3) is 0.269. The summed E-state index contributed by atoms with van der Waals surface area (Å²) in [4.78, 5) is 5.10. The van der Waals surface area contributed by atoms with Crippen LogP contribution in [0.5, 0.6) is 11.5 Å². The Kier molecular flexibility index (Phi) is 5.50. The van der Waals surface area contributed by atoms with E-state index in [1.165, 1.54) is 47.0 Å². The first-order chi connectivity index (χ1) is 14.8. The molecule has 0 saturated carbocycles. The summed E-state index contributed by atoms with van der Waals surface area (Å²) in [6.07, 6.45) is 3.49. The number of rotatable bonds is 4. The van der Waals surface area contributed by atoms with Gasteiger partial charge in [0.25, 0.3) is 0 Å². The van der Waals surface area contributed by atoms with E-state index < -0.39 is 0 Å². The third-order valence-electron chi connectivity index (χ3n) is 6.07. The van der Waals surface area contributed by atoms with Crippen LogP contribution in [-0.2, 0) is 13.0 Å².